The van der Waals surface area contributed by atoms with Gasteiger partial charge >= 0.3 is 0 Å². The van der Waals surface area contributed by atoms with E-state index in [2.05, 4.69) is 206 Å². The summed E-state index contributed by atoms with van der Waals surface area (Å²) in [6.07, 6.45) is 0. The monoisotopic (exact) mass is 761 g/mol. The maximum atomic E-state index is 5.55. The summed E-state index contributed by atoms with van der Waals surface area (Å²) in [6, 6.07) is 75.6. The molecular formula is C57H35N3. The molecule has 2 heterocycles. The van der Waals surface area contributed by atoms with E-state index in [1.54, 1.807) is 0 Å². The van der Waals surface area contributed by atoms with Crippen molar-refractivity contribution in [2.75, 3.05) is 0 Å². The van der Waals surface area contributed by atoms with E-state index in [-0.39, 0.29) is 0 Å². The van der Waals surface area contributed by atoms with Crippen LogP contribution < -0.4 is 0 Å². The summed E-state index contributed by atoms with van der Waals surface area (Å²) in [7, 11) is 0. The van der Waals surface area contributed by atoms with Crippen LogP contribution in [0.15, 0.2) is 212 Å². The second kappa shape index (κ2) is 13.8. The van der Waals surface area contributed by atoms with Gasteiger partial charge < -0.3 is 0 Å². The molecule has 60 heavy (non-hydrogen) atoms. The fourth-order valence-electron chi connectivity index (χ4n) is 9.36. The van der Waals surface area contributed by atoms with Gasteiger partial charge in [-0.15, -0.1) is 0 Å². The molecule has 0 aliphatic rings. The lowest BCUT2D eigenvalue weighted by Gasteiger charge is -2.20. The minimum Gasteiger partial charge on any atom is -0.247 e. The van der Waals surface area contributed by atoms with Crippen LogP contribution in [0, 0.1) is 0 Å². The first-order valence-electron chi connectivity index (χ1n) is 20.4. The molecule has 0 bridgehead atoms. The average molecular weight is 762 g/mol. The van der Waals surface area contributed by atoms with Crippen molar-refractivity contribution >= 4 is 64.8 Å². The summed E-state index contributed by atoms with van der Waals surface area (Å²) >= 11 is 0. The topological polar surface area (TPSA) is 38.7 Å². The van der Waals surface area contributed by atoms with Crippen molar-refractivity contribution in [3.05, 3.63) is 212 Å². The highest BCUT2D eigenvalue weighted by molar-refractivity contribution is 6.33. The molecule has 12 aromatic rings. The lowest BCUT2D eigenvalue weighted by Crippen LogP contribution is -2.02. The molecule has 0 amide bonds. The highest BCUT2D eigenvalue weighted by Crippen LogP contribution is 2.46. The van der Waals surface area contributed by atoms with Gasteiger partial charge in [0.15, 0.2) is 5.82 Å². The van der Waals surface area contributed by atoms with Crippen LogP contribution in [-0.2, 0) is 0 Å². The summed E-state index contributed by atoms with van der Waals surface area (Å²) in [4.78, 5) is 16.6. The molecule has 0 unspecified atom stereocenters. The van der Waals surface area contributed by atoms with Crippen molar-refractivity contribution < 1.29 is 0 Å². The summed E-state index contributed by atoms with van der Waals surface area (Å²) in [5.41, 5.74) is 9.79. The molecule has 0 N–H and O–H groups in total. The molecule has 12 rings (SSSR count). The molecule has 0 spiro atoms. The fourth-order valence-corrected chi connectivity index (χ4v) is 9.36. The molecular weight excluding hydrogens is 727 g/mol. The lowest BCUT2D eigenvalue weighted by atomic mass is 9.88. The number of rotatable bonds is 5. The fraction of sp³-hybridized carbons (Fsp3) is 0. The first-order chi connectivity index (χ1) is 29.8. The van der Waals surface area contributed by atoms with Gasteiger partial charge in [0, 0.05) is 44.0 Å². The number of aromatic nitrogens is 3. The molecule has 0 aliphatic heterocycles. The molecule has 0 aliphatic carbocycles. The van der Waals surface area contributed by atoms with Crippen molar-refractivity contribution in [1.29, 1.82) is 0 Å². The zero-order chi connectivity index (χ0) is 39.6. The number of fused-ring (bicyclic) bond motifs is 10. The Morgan fingerprint density at radius 2 is 0.717 bits per heavy atom. The minimum absolute atomic E-state index is 0.682. The Morgan fingerprint density at radius 3 is 1.35 bits per heavy atom. The van der Waals surface area contributed by atoms with Gasteiger partial charge in [-0.3, -0.25) is 0 Å². The molecule has 0 radical (unpaired) electrons. The van der Waals surface area contributed by atoms with Crippen LogP contribution in [0.3, 0.4) is 0 Å². The highest BCUT2D eigenvalue weighted by Gasteiger charge is 2.24. The standard InChI is InChI=1S/C57H35N3/c1-2-19-38(20-3-1)57-59-55(47-32-15-21-36-17-4-6-25-41(36)47)51(56(60-57)48-33-16-22-37-18-5-7-26-42(37)48)39-23-14-24-40(35-39)54-53-46-30-11-9-28-44(46)43-27-8-10-29-45(43)52(53)49-31-12-13-34-50(49)58-54/h1-35H. The van der Waals surface area contributed by atoms with Gasteiger partial charge in [-0.2, -0.15) is 0 Å². The van der Waals surface area contributed by atoms with E-state index in [1.165, 1.54) is 26.9 Å². The molecule has 278 valence electrons. The summed E-state index contributed by atoms with van der Waals surface area (Å²) in [6.45, 7) is 0. The normalized spacial score (nSPS) is 11.7. The number of benzene rings is 10. The van der Waals surface area contributed by atoms with Gasteiger partial charge in [0.1, 0.15) is 0 Å². The number of nitrogens with zero attached hydrogens (tertiary/aromatic N) is 3. The van der Waals surface area contributed by atoms with E-state index < -0.39 is 0 Å². The Bertz CT molecular complexity index is 3550. The van der Waals surface area contributed by atoms with Gasteiger partial charge in [-0.25, -0.2) is 15.0 Å². The Kier molecular flexibility index (Phi) is 7.85. The second-order valence-electron chi connectivity index (χ2n) is 15.4. The van der Waals surface area contributed by atoms with E-state index in [4.69, 9.17) is 15.0 Å². The molecule has 3 heteroatoms. The number of hydrogen-bond donors (Lipinski definition) is 0. The maximum Gasteiger partial charge on any atom is 0.160 e. The molecule has 0 saturated carbocycles. The van der Waals surface area contributed by atoms with Gasteiger partial charge in [-0.05, 0) is 60.8 Å². The van der Waals surface area contributed by atoms with Crippen LogP contribution in [0.2, 0.25) is 0 Å². The van der Waals surface area contributed by atoms with Crippen LogP contribution >= 0.6 is 0 Å². The third-order valence-electron chi connectivity index (χ3n) is 12.0. The number of hydrogen-bond acceptors (Lipinski definition) is 3. The van der Waals surface area contributed by atoms with Crippen molar-refractivity contribution in [3.63, 3.8) is 0 Å². The van der Waals surface area contributed by atoms with Gasteiger partial charge in [-0.1, -0.05) is 200 Å². The van der Waals surface area contributed by atoms with Crippen LogP contribution in [-0.4, -0.2) is 15.0 Å². The van der Waals surface area contributed by atoms with Gasteiger partial charge in [0.2, 0.25) is 0 Å². The SMILES string of the molecule is c1ccc(-c2nc(-c3cccc4ccccc34)c(-c3cccc(-c4nc5ccccc5c5c6ccccc6c6ccccc6c45)c3)c(-c3cccc4ccccc34)n2)cc1. The zero-order valence-electron chi connectivity index (χ0n) is 32.5. The Hall–Kier alpha value is -8.01. The third-order valence-corrected chi connectivity index (χ3v) is 12.0. The van der Waals surface area contributed by atoms with Crippen LogP contribution in [0.25, 0.3) is 121 Å². The number of para-hydroxylation sites is 1. The summed E-state index contributed by atoms with van der Waals surface area (Å²) in [5, 5.41) is 13.0. The van der Waals surface area contributed by atoms with Crippen molar-refractivity contribution in [2.24, 2.45) is 0 Å². The van der Waals surface area contributed by atoms with Gasteiger partial charge in [0.05, 0.1) is 22.6 Å². The molecule has 0 atom stereocenters. The van der Waals surface area contributed by atoms with E-state index in [0.29, 0.717) is 5.82 Å². The predicted molar refractivity (Wildman–Crippen MR) is 252 cm³/mol. The van der Waals surface area contributed by atoms with Crippen molar-refractivity contribution in [3.8, 4) is 56.3 Å². The second-order valence-corrected chi connectivity index (χ2v) is 15.4. The maximum absolute atomic E-state index is 5.55. The van der Waals surface area contributed by atoms with Crippen molar-refractivity contribution in [1.82, 2.24) is 15.0 Å². The minimum atomic E-state index is 0.682. The summed E-state index contributed by atoms with van der Waals surface area (Å²) in [5.74, 6) is 0.682. The molecule has 0 saturated heterocycles. The zero-order valence-corrected chi connectivity index (χ0v) is 32.5. The predicted octanol–water partition coefficient (Wildman–Crippen LogP) is 15.1. The van der Waals surface area contributed by atoms with Crippen molar-refractivity contribution in [2.45, 2.75) is 0 Å². The first kappa shape index (κ1) is 34.1. The van der Waals surface area contributed by atoms with E-state index in [9.17, 15) is 0 Å². The number of pyridine rings is 1. The Labute approximate surface area is 346 Å². The molecule has 10 aromatic carbocycles. The largest absolute Gasteiger partial charge is 0.247 e. The van der Waals surface area contributed by atoms with Crippen LogP contribution in [0.4, 0.5) is 0 Å². The quantitative estimate of drug-likeness (QED) is 0.164. The van der Waals surface area contributed by atoms with Crippen LogP contribution in [0.1, 0.15) is 0 Å². The highest BCUT2D eigenvalue weighted by atomic mass is 14.9. The molecule has 0 fully saturated rings. The average Bonchev–Trinajstić information content (AvgIpc) is 3.33. The first-order valence-corrected chi connectivity index (χ1v) is 20.4. The van der Waals surface area contributed by atoms with Gasteiger partial charge in [0.25, 0.3) is 0 Å². The smallest absolute Gasteiger partial charge is 0.160 e. The van der Waals surface area contributed by atoms with Crippen LogP contribution in [0.5, 0.6) is 0 Å². The lowest BCUT2D eigenvalue weighted by molar-refractivity contribution is 1.19. The van der Waals surface area contributed by atoms with E-state index >= 15 is 0 Å². The molecule has 2 aromatic heterocycles. The molecule has 3 nitrogen and oxygen atoms in total. The van der Waals surface area contributed by atoms with E-state index in [1.807, 2.05) is 6.07 Å². The summed E-state index contributed by atoms with van der Waals surface area (Å²) < 4.78 is 0. The Balaban J connectivity index is 1.22. The van der Waals surface area contributed by atoms with E-state index in [0.717, 1.165) is 88.3 Å². The third kappa shape index (κ3) is 5.40. The Morgan fingerprint density at radius 1 is 0.267 bits per heavy atom.